The lowest BCUT2D eigenvalue weighted by molar-refractivity contribution is -0.164. The number of benzene rings is 4. The maximum atomic E-state index is 14.0. The molecule has 4 aromatic carbocycles. The molecule has 0 bridgehead atoms. The molecule has 2 unspecified atom stereocenters. The van der Waals surface area contributed by atoms with Crippen LogP contribution in [-0.4, -0.2) is 90.3 Å². The van der Waals surface area contributed by atoms with E-state index in [1.165, 1.54) is 4.90 Å². The summed E-state index contributed by atoms with van der Waals surface area (Å²) >= 11 is 6.23. The SMILES string of the molecule is CC(C)(C)C(NC(=O)COCCCCOc1ccc(C(=O)NC2C(C)(C)C(Oc3ccc(C#N)c(Cl)c3)C2(C)C)cc1)C(=O)N1C[C@H](O)CC1C(=O)NCc1ccc(-c2ccccc2)cc1. The van der Waals surface area contributed by atoms with Crippen LogP contribution in [0, 0.1) is 27.6 Å². The van der Waals surface area contributed by atoms with Crippen LogP contribution in [0.3, 0.4) is 0 Å². The van der Waals surface area contributed by atoms with E-state index in [9.17, 15) is 29.5 Å². The standard InChI is InChI=1S/C52H62ClN5O8/c1-50(2,3)44(47(63)58-31-38(59)27-42(58)46(62)55-30-33-15-17-35(18-16-33)34-13-9-8-10-14-34)56-43(60)32-64-25-11-12-26-65-39-22-19-36(20-23-39)45(61)57-48-51(4,5)49(52(48,6)7)66-40-24-21-37(29-54)41(53)28-40/h8-10,13-24,28,38,42,44,48-49,59H,11-12,25-27,30-32H2,1-7H3,(H,55,62)(H,56,60)(H,57,61)/t38-,42?,44?,48?,49?/m1/s1. The van der Waals surface area contributed by atoms with Crippen molar-refractivity contribution in [2.75, 3.05) is 26.4 Å². The quantitative estimate of drug-likeness (QED) is 0.0737. The highest BCUT2D eigenvalue weighted by Crippen LogP contribution is 2.55. The lowest BCUT2D eigenvalue weighted by Gasteiger charge is -2.63. The normalized spacial score (nSPS) is 20.0. The highest BCUT2D eigenvalue weighted by molar-refractivity contribution is 6.31. The number of ether oxygens (including phenoxy) is 3. The molecule has 0 aromatic heterocycles. The van der Waals surface area contributed by atoms with Crippen LogP contribution in [0.5, 0.6) is 11.5 Å². The molecule has 6 rings (SSSR count). The van der Waals surface area contributed by atoms with Gasteiger partial charge in [0.1, 0.15) is 42.4 Å². The first-order valence-corrected chi connectivity index (χ1v) is 22.8. The van der Waals surface area contributed by atoms with Crippen molar-refractivity contribution < 1.29 is 38.5 Å². The minimum Gasteiger partial charge on any atom is -0.494 e. The van der Waals surface area contributed by atoms with E-state index in [-0.39, 0.29) is 50.1 Å². The first-order valence-electron chi connectivity index (χ1n) is 22.5. The van der Waals surface area contributed by atoms with Crippen molar-refractivity contribution >= 4 is 35.2 Å². The van der Waals surface area contributed by atoms with Gasteiger partial charge in [0.25, 0.3) is 5.91 Å². The molecule has 1 saturated heterocycles. The number of nitrogens with zero attached hydrogens (tertiary/aromatic N) is 2. The molecule has 0 radical (unpaired) electrons. The summed E-state index contributed by atoms with van der Waals surface area (Å²) in [6, 6.07) is 29.9. The minimum atomic E-state index is -0.962. The monoisotopic (exact) mass is 919 g/mol. The van der Waals surface area contributed by atoms with Crippen molar-refractivity contribution in [3.8, 4) is 28.7 Å². The number of rotatable bonds is 18. The zero-order chi connectivity index (χ0) is 47.8. The third kappa shape index (κ3) is 11.9. The molecule has 3 atom stereocenters. The molecule has 1 aliphatic carbocycles. The molecule has 13 nitrogen and oxygen atoms in total. The zero-order valence-electron chi connectivity index (χ0n) is 38.9. The van der Waals surface area contributed by atoms with Gasteiger partial charge in [0.2, 0.25) is 17.7 Å². The molecule has 1 aliphatic heterocycles. The zero-order valence-corrected chi connectivity index (χ0v) is 39.6. The number of halogens is 1. The Hall–Kier alpha value is -5.94. The van der Waals surface area contributed by atoms with Gasteiger partial charge in [-0.15, -0.1) is 0 Å². The van der Waals surface area contributed by atoms with Crippen LogP contribution in [0.1, 0.15) is 89.2 Å². The molecule has 4 aromatic rings. The number of likely N-dealkylation sites (tertiary alicyclic amines) is 1. The first-order chi connectivity index (χ1) is 31.3. The fraction of sp³-hybridized carbons (Fsp3) is 0.442. The van der Waals surface area contributed by atoms with E-state index in [1.54, 1.807) is 42.5 Å². The second-order valence-corrected chi connectivity index (χ2v) is 19.9. The van der Waals surface area contributed by atoms with E-state index in [1.807, 2.05) is 75.4 Å². The summed E-state index contributed by atoms with van der Waals surface area (Å²) in [5.41, 5.74) is 2.44. The Morgan fingerprint density at radius 1 is 0.879 bits per heavy atom. The second kappa shape index (κ2) is 21.1. The number of aliphatic hydroxyl groups excluding tert-OH is 1. The van der Waals surface area contributed by atoms with Crippen LogP contribution in [0.25, 0.3) is 11.1 Å². The maximum Gasteiger partial charge on any atom is 0.251 e. The van der Waals surface area contributed by atoms with Crippen LogP contribution in [0.4, 0.5) is 0 Å². The van der Waals surface area contributed by atoms with E-state index in [4.69, 9.17) is 25.8 Å². The summed E-state index contributed by atoms with van der Waals surface area (Å²) in [4.78, 5) is 55.2. The van der Waals surface area contributed by atoms with E-state index >= 15 is 0 Å². The highest BCUT2D eigenvalue weighted by Gasteiger charge is 2.64. The number of amides is 4. The number of nitrogens with one attached hydrogen (secondary N) is 3. The molecule has 1 saturated carbocycles. The molecular formula is C52H62ClN5O8. The average Bonchev–Trinajstić information content (AvgIpc) is 3.69. The molecule has 14 heteroatoms. The Kier molecular flexibility index (Phi) is 15.8. The van der Waals surface area contributed by atoms with Gasteiger partial charge >= 0.3 is 0 Å². The molecule has 4 N–H and O–H groups in total. The number of hydrogen-bond donors (Lipinski definition) is 4. The Balaban J connectivity index is 0.895. The van der Waals surface area contributed by atoms with Gasteiger partial charge in [-0.05, 0) is 71.3 Å². The number of aliphatic hydroxyl groups is 1. The van der Waals surface area contributed by atoms with Gasteiger partial charge < -0.3 is 40.2 Å². The molecule has 2 fully saturated rings. The summed E-state index contributed by atoms with van der Waals surface area (Å²) < 4.78 is 17.9. The van der Waals surface area contributed by atoms with Gasteiger partial charge in [0, 0.05) is 54.6 Å². The summed E-state index contributed by atoms with van der Waals surface area (Å²) in [6.07, 6.45) is 0.271. The van der Waals surface area contributed by atoms with E-state index in [2.05, 4.69) is 49.7 Å². The van der Waals surface area contributed by atoms with Gasteiger partial charge in [-0.25, -0.2) is 0 Å². The van der Waals surface area contributed by atoms with Gasteiger partial charge in [-0.2, -0.15) is 5.26 Å². The molecule has 350 valence electrons. The Labute approximate surface area is 393 Å². The summed E-state index contributed by atoms with van der Waals surface area (Å²) in [6.45, 7) is 14.4. The summed E-state index contributed by atoms with van der Waals surface area (Å²) in [5.74, 6) is -0.295. The van der Waals surface area contributed by atoms with Crippen LogP contribution < -0.4 is 25.4 Å². The summed E-state index contributed by atoms with van der Waals surface area (Å²) in [5, 5.41) is 29.0. The van der Waals surface area contributed by atoms with Gasteiger partial charge in [-0.1, -0.05) is 115 Å². The number of β-amino-alcohol motifs (C(OH)–C–C–N with tert-alkyl or cyclic N) is 1. The average molecular weight is 921 g/mol. The van der Waals surface area contributed by atoms with Gasteiger partial charge in [0.05, 0.1) is 23.3 Å². The largest absolute Gasteiger partial charge is 0.494 e. The predicted molar refractivity (Wildman–Crippen MR) is 253 cm³/mol. The molecular weight excluding hydrogens is 858 g/mol. The van der Waals surface area contributed by atoms with Crippen LogP contribution in [0.15, 0.2) is 97.1 Å². The molecule has 66 heavy (non-hydrogen) atoms. The molecule has 2 aliphatic rings. The molecule has 0 spiro atoms. The van der Waals surface area contributed by atoms with Gasteiger partial charge in [-0.3, -0.25) is 19.2 Å². The topological polar surface area (TPSA) is 179 Å². The Morgan fingerprint density at radius 2 is 1.52 bits per heavy atom. The highest BCUT2D eigenvalue weighted by atomic mass is 35.5. The Bertz CT molecular complexity index is 2360. The molecule has 4 amide bonds. The molecule has 1 heterocycles. The lowest BCUT2D eigenvalue weighted by Crippen LogP contribution is -2.74. The van der Waals surface area contributed by atoms with E-state index in [0.29, 0.717) is 53.7 Å². The van der Waals surface area contributed by atoms with Crippen molar-refractivity contribution in [2.24, 2.45) is 16.2 Å². The van der Waals surface area contributed by atoms with Gasteiger partial charge in [0.15, 0.2) is 0 Å². The second-order valence-electron chi connectivity index (χ2n) is 19.5. The first kappa shape index (κ1) is 49.5. The fourth-order valence-electron chi connectivity index (χ4n) is 9.25. The van der Waals surface area contributed by atoms with Crippen molar-refractivity contribution in [1.82, 2.24) is 20.9 Å². The number of nitriles is 1. The Morgan fingerprint density at radius 3 is 2.15 bits per heavy atom. The number of carbonyl (C=O) groups excluding carboxylic acids is 4. The fourth-order valence-corrected chi connectivity index (χ4v) is 9.46. The van der Waals surface area contributed by atoms with Crippen LogP contribution >= 0.6 is 11.6 Å². The van der Waals surface area contributed by atoms with Crippen molar-refractivity contribution in [2.45, 2.75) is 105 Å². The van der Waals surface area contributed by atoms with Crippen molar-refractivity contribution in [3.63, 3.8) is 0 Å². The third-order valence-electron chi connectivity index (χ3n) is 12.5. The smallest absolute Gasteiger partial charge is 0.251 e. The van der Waals surface area contributed by atoms with E-state index < -0.39 is 46.2 Å². The number of carbonyl (C=O) groups is 4. The van der Waals surface area contributed by atoms with Crippen LogP contribution in [-0.2, 0) is 25.7 Å². The van der Waals surface area contributed by atoms with E-state index in [0.717, 1.165) is 16.7 Å². The lowest BCUT2D eigenvalue weighted by atomic mass is 9.49. The number of hydrogen-bond acceptors (Lipinski definition) is 9. The van der Waals surface area contributed by atoms with Crippen molar-refractivity contribution in [1.29, 1.82) is 5.26 Å². The summed E-state index contributed by atoms with van der Waals surface area (Å²) in [7, 11) is 0. The van der Waals surface area contributed by atoms with Crippen molar-refractivity contribution in [3.05, 3.63) is 119 Å². The number of unbranched alkanes of at least 4 members (excludes halogenated alkanes) is 1. The predicted octanol–water partition coefficient (Wildman–Crippen LogP) is 7.48. The van der Waals surface area contributed by atoms with Crippen LogP contribution in [0.2, 0.25) is 5.02 Å². The maximum absolute atomic E-state index is 14.0. The third-order valence-corrected chi connectivity index (χ3v) is 12.9. The minimum absolute atomic E-state index is 0.0162.